The fraction of sp³-hybridized carbons (Fsp3) is 0.591. The first kappa shape index (κ1) is 19.1. The van der Waals surface area contributed by atoms with Crippen molar-refractivity contribution in [2.45, 2.75) is 58.5 Å². The number of carbonyl (C=O) groups excluding carboxylic acids is 1. The van der Waals surface area contributed by atoms with Crippen LogP contribution in [-0.2, 0) is 30.7 Å². The average Bonchev–Trinajstić information content (AvgIpc) is 2.97. The molecule has 1 fully saturated rings. The molecule has 2 aromatic rings. The summed E-state index contributed by atoms with van der Waals surface area (Å²) < 4.78 is 2.07. The zero-order chi connectivity index (χ0) is 19.3. The van der Waals surface area contributed by atoms with Crippen LogP contribution in [0.3, 0.4) is 0 Å². The van der Waals surface area contributed by atoms with Gasteiger partial charge in [-0.1, -0.05) is 6.07 Å². The Labute approximate surface area is 167 Å². The molecule has 2 aliphatic rings. The number of hydrogen-bond donors (Lipinski definition) is 0. The minimum Gasteiger partial charge on any atom is -0.341 e. The van der Waals surface area contributed by atoms with Crippen molar-refractivity contribution in [3.63, 3.8) is 0 Å². The lowest BCUT2D eigenvalue weighted by atomic mass is 9.98. The minimum atomic E-state index is 0.260. The summed E-state index contributed by atoms with van der Waals surface area (Å²) in [5.41, 5.74) is 4.91. The third-order valence-corrected chi connectivity index (χ3v) is 5.96. The summed E-state index contributed by atoms with van der Waals surface area (Å²) in [5.74, 6) is 0.260. The van der Waals surface area contributed by atoms with Crippen LogP contribution in [0.25, 0.3) is 0 Å². The predicted molar refractivity (Wildman–Crippen MR) is 109 cm³/mol. The molecule has 0 atom stereocenters. The summed E-state index contributed by atoms with van der Waals surface area (Å²) >= 11 is 0. The van der Waals surface area contributed by atoms with Gasteiger partial charge in [0.05, 0.1) is 11.9 Å². The second-order valence-electron chi connectivity index (χ2n) is 8.08. The van der Waals surface area contributed by atoms with Gasteiger partial charge in [-0.05, 0) is 56.7 Å². The first-order chi connectivity index (χ1) is 13.7. The monoisotopic (exact) mass is 381 g/mol. The van der Waals surface area contributed by atoms with Crippen molar-refractivity contribution in [1.29, 1.82) is 0 Å². The molecule has 0 unspecified atom stereocenters. The van der Waals surface area contributed by atoms with E-state index in [9.17, 15) is 4.79 Å². The van der Waals surface area contributed by atoms with Gasteiger partial charge in [-0.15, -0.1) is 0 Å². The number of pyridine rings is 1. The van der Waals surface area contributed by atoms with E-state index in [4.69, 9.17) is 0 Å². The van der Waals surface area contributed by atoms with Crippen molar-refractivity contribution in [3.8, 4) is 0 Å². The van der Waals surface area contributed by atoms with Gasteiger partial charge < -0.3 is 4.90 Å². The molecule has 1 saturated heterocycles. The maximum absolute atomic E-state index is 12.8. The van der Waals surface area contributed by atoms with E-state index in [-0.39, 0.29) is 5.91 Å². The largest absolute Gasteiger partial charge is 0.341 e. The standard InChI is InChI=1S/C22H31N5O/c1-18-6-4-8-20(24-18)17-25-11-5-12-26(15-14-25)22(28)10-13-27-21-9-3-2-7-19(21)16-23-27/h4,6,8,16H,2-3,5,7,9-15,17H2,1H3. The number of hydrogen-bond acceptors (Lipinski definition) is 4. The molecule has 1 amide bonds. The van der Waals surface area contributed by atoms with E-state index in [1.807, 2.05) is 24.1 Å². The Bertz CT molecular complexity index is 815. The Hall–Kier alpha value is -2.21. The third-order valence-electron chi connectivity index (χ3n) is 5.96. The van der Waals surface area contributed by atoms with Crippen molar-refractivity contribution in [2.75, 3.05) is 26.2 Å². The second kappa shape index (κ2) is 8.86. The van der Waals surface area contributed by atoms with E-state index in [1.165, 1.54) is 24.1 Å². The van der Waals surface area contributed by atoms with E-state index >= 15 is 0 Å². The molecule has 150 valence electrons. The van der Waals surface area contributed by atoms with Gasteiger partial charge in [0, 0.05) is 57.1 Å². The number of rotatable bonds is 5. The fourth-order valence-corrected chi connectivity index (χ4v) is 4.40. The highest BCUT2D eigenvalue weighted by molar-refractivity contribution is 5.76. The summed E-state index contributed by atoms with van der Waals surface area (Å²) in [5, 5.41) is 4.53. The lowest BCUT2D eigenvalue weighted by Crippen LogP contribution is -2.35. The van der Waals surface area contributed by atoms with Crippen LogP contribution in [-0.4, -0.2) is 56.7 Å². The molecular formula is C22H31N5O. The highest BCUT2D eigenvalue weighted by Crippen LogP contribution is 2.21. The zero-order valence-electron chi connectivity index (χ0n) is 16.9. The molecular weight excluding hydrogens is 350 g/mol. The van der Waals surface area contributed by atoms with Gasteiger partial charge in [-0.3, -0.25) is 19.4 Å². The summed E-state index contributed by atoms with van der Waals surface area (Å²) in [4.78, 5) is 21.8. The van der Waals surface area contributed by atoms with Gasteiger partial charge in [-0.2, -0.15) is 5.10 Å². The van der Waals surface area contributed by atoms with Crippen LogP contribution in [0.2, 0.25) is 0 Å². The highest BCUT2D eigenvalue weighted by Gasteiger charge is 2.21. The molecule has 0 bridgehead atoms. The van der Waals surface area contributed by atoms with Crippen LogP contribution < -0.4 is 0 Å². The van der Waals surface area contributed by atoms with Gasteiger partial charge in [0.1, 0.15) is 0 Å². The summed E-state index contributed by atoms with van der Waals surface area (Å²) in [7, 11) is 0. The van der Waals surface area contributed by atoms with Gasteiger partial charge >= 0.3 is 0 Å². The van der Waals surface area contributed by atoms with E-state index < -0.39 is 0 Å². The quantitative estimate of drug-likeness (QED) is 0.799. The Kier molecular flexibility index (Phi) is 6.05. The number of aryl methyl sites for hydroxylation is 3. The first-order valence-electron chi connectivity index (χ1n) is 10.7. The van der Waals surface area contributed by atoms with E-state index in [1.54, 1.807) is 0 Å². The van der Waals surface area contributed by atoms with E-state index in [0.29, 0.717) is 13.0 Å². The number of aromatic nitrogens is 3. The number of amides is 1. The third kappa shape index (κ3) is 4.61. The molecule has 0 aromatic carbocycles. The summed E-state index contributed by atoms with van der Waals surface area (Å²) in [6.45, 7) is 7.20. The van der Waals surface area contributed by atoms with Crippen LogP contribution in [0.1, 0.15) is 48.3 Å². The maximum atomic E-state index is 12.8. The van der Waals surface area contributed by atoms with Crippen LogP contribution >= 0.6 is 0 Å². The number of fused-ring (bicyclic) bond motifs is 1. The lowest BCUT2D eigenvalue weighted by Gasteiger charge is -2.22. The Morgan fingerprint density at radius 3 is 2.86 bits per heavy atom. The van der Waals surface area contributed by atoms with Crippen molar-refractivity contribution < 1.29 is 4.79 Å². The first-order valence-corrected chi connectivity index (χ1v) is 10.7. The topological polar surface area (TPSA) is 54.3 Å². The molecule has 0 radical (unpaired) electrons. The molecule has 2 aromatic heterocycles. The molecule has 1 aliphatic carbocycles. The summed E-state index contributed by atoms with van der Waals surface area (Å²) in [6.07, 6.45) is 8.32. The SMILES string of the molecule is Cc1cccc(CN2CCCN(C(=O)CCn3ncc4c3CCCC4)CC2)n1. The summed E-state index contributed by atoms with van der Waals surface area (Å²) in [6, 6.07) is 6.19. The van der Waals surface area contributed by atoms with Crippen molar-refractivity contribution in [1.82, 2.24) is 24.6 Å². The zero-order valence-corrected chi connectivity index (χ0v) is 16.9. The molecule has 3 heterocycles. The van der Waals surface area contributed by atoms with Gasteiger partial charge in [0.2, 0.25) is 5.91 Å². The average molecular weight is 382 g/mol. The molecule has 28 heavy (non-hydrogen) atoms. The predicted octanol–water partition coefficient (Wildman–Crippen LogP) is 2.59. The van der Waals surface area contributed by atoms with Crippen LogP contribution in [0.5, 0.6) is 0 Å². The van der Waals surface area contributed by atoms with Crippen molar-refractivity contribution in [2.24, 2.45) is 0 Å². The molecule has 4 rings (SSSR count). The van der Waals surface area contributed by atoms with E-state index in [2.05, 4.69) is 31.8 Å². The molecule has 0 N–H and O–H groups in total. The fourth-order valence-electron chi connectivity index (χ4n) is 4.40. The van der Waals surface area contributed by atoms with Gasteiger partial charge in [0.15, 0.2) is 0 Å². The van der Waals surface area contributed by atoms with Crippen LogP contribution in [0, 0.1) is 6.92 Å². The molecule has 6 nitrogen and oxygen atoms in total. The molecule has 0 saturated carbocycles. The van der Waals surface area contributed by atoms with Gasteiger partial charge in [0.25, 0.3) is 0 Å². The van der Waals surface area contributed by atoms with Crippen LogP contribution in [0.15, 0.2) is 24.4 Å². The van der Waals surface area contributed by atoms with Crippen LogP contribution in [0.4, 0.5) is 0 Å². The Morgan fingerprint density at radius 2 is 1.96 bits per heavy atom. The van der Waals surface area contributed by atoms with Gasteiger partial charge in [-0.25, -0.2) is 0 Å². The van der Waals surface area contributed by atoms with Crippen molar-refractivity contribution in [3.05, 3.63) is 47.0 Å². The maximum Gasteiger partial charge on any atom is 0.224 e. The molecule has 1 aliphatic heterocycles. The lowest BCUT2D eigenvalue weighted by molar-refractivity contribution is -0.131. The van der Waals surface area contributed by atoms with Crippen molar-refractivity contribution >= 4 is 5.91 Å². The normalized spacial score (nSPS) is 18.0. The van der Waals surface area contributed by atoms with E-state index in [0.717, 1.165) is 63.4 Å². The Morgan fingerprint density at radius 1 is 1.07 bits per heavy atom. The number of carbonyl (C=O) groups is 1. The minimum absolute atomic E-state index is 0.260. The highest BCUT2D eigenvalue weighted by atomic mass is 16.2. The Balaban J connectivity index is 1.28. The molecule has 6 heteroatoms. The smallest absolute Gasteiger partial charge is 0.224 e. The molecule has 0 spiro atoms. The number of nitrogens with zero attached hydrogens (tertiary/aromatic N) is 5. The second-order valence-corrected chi connectivity index (χ2v) is 8.08.